The smallest absolute Gasteiger partial charge is 0.0337 e. The summed E-state index contributed by atoms with van der Waals surface area (Å²) >= 11 is 0. The molecule has 1 atom stereocenters. The molecule has 0 aliphatic carbocycles. The Morgan fingerprint density at radius 1 is 1.43 bits per heavy atom. The Morgan fingerprint density at radius 2 is 2.21 bits per heavy atom. The van der Waals surface area contributed by atoms with Crippen molar-refractivity contribution in [2.75, 3.05) is 6.54 Å². The van der Waals surface area contributed by atoms with Crippen molar-refractivity contribution in [2.24, 2.45) is 5.92 Å². The molecule has 0 amide bonds. The monoisotopic (exact) mass is 192 g/mol. The third-order valence-corrected chi connectivity index (χ3v) is 2.24. The number of rotatable bonds is 5. The molecular formula is C12H20N2. The van der Waals surface area contributed by atoms with Crippen LogP contribution in [0, 0.1) is 5.92 Å². The van der Waals surface area contributed by atoms with Gasteiger partial charge >= 0.3 is 0 Å². The van der Waals surface area contributed by atoms with Crippen LogP contribution in [0.4, 0.5) is 0 Å². The highest BCUT2D eigenvalue weighted by Gasteiger charge is 2.11. The molecule has 0 radical (unpaired) electrons. The normalized spacial score (nSPS) is 13.1. The van der Waals surface area contributed by atoms with Gasteiger partial charge in [-0.15, -0.1) is 0 Å². The lowest BCUT2D eigenvalue weighted by molar-refractivity contribution is 0.437. The van der Waals surface area contributed by atoms with Crippen LogP contribution in [0.5, 0.6) is 0 Å². The van der Waals surface area contributed by atoms with Gasteiger partial charge in [0, 0.05) is 18.4 Å². The minimum atomic E-state index is 0.452. The van der Waals surface area contributed by atoms with Crippen molar-refractivity contribution in [1.82, 2.24) is 10.3 Å². The van der Waals surface area contributed by atoms with E-state index in [0.717, 1.165) is 6.54 Å². The minimum Gasteiger partial charge on any atom is -0.310 e. The first-order chi connectivity index (χ1) is 6.74. The van der Waals surface area contributed by atoms with Gasteiger partial charge in [-0.3, -0.25) is 4.98 Å². The number of aromatic nitrogens is 1. The van der Waals surface area contributed by atoms with Crippen LogP contribution in [0.2, 0.25) is 0 Å². The molecule has 0 bridgehead atoms. The van der Waals surface area contributed by atoms with Crippen molar-refractivity contribution >= 4 is 0 Å². The van der Waals surface area contributed by atoms with Crippen molar-refractivity contribution in [1.29, 1.82) is 0 Å². The summed E-state index contributed by atoms with van der Waals surface area (Å²) in [4.78, 5) is 4.16. The van der Waals surface area contributed by atoms with E-state index in [9.17, 15) is 0 Å². The molecule has 2 heteroatoms. The van der Waals surface area contributed by atoms with Crippen LogP contribution < -0.4 is 5.32 Å². The Hall–Kier alpha value is -0.890. The zero-order chi connectivity index (χ0) is 10.4. The molecule has 1 unspecified atom stereocenters. The van der Waals surface area contributed by atoms with Gasteiger partial charge in [-0.2, -0.15) is 0 Å². The molecule has 0 saturated heterocycles. The van der Waals surface area contributed by atoms with E-state index in [1.165, 1.54) is 12.0 Å². The maximum absolute atomic E-state index is 4.16. The average molecular weight is 192 g/mol. The standard InChI is InChI=1S/C12H20N2/c1-4-14-12(8-10(2)3)11-6-5-7-13-9-11/h5-7,9-10,12,14H,4,8H2,1-3H3. The molecular weight excluding hydrogens is 172 g/mol. The predicted molar refractivity (Wildman–Crippen MR) is 60.1 cm³/mol. The van der Waals surface area contributed by atoms with E-state index in [-0.39, 0.29) is 0 Å². The summed E-state index contributed by atoms with van der Waals surface area (Å²) in [6.45, 7) is 7.65. The molecule has 1 aromatic rings. The summed E-state index contributed by atoms with van der Waals surface area (Å²) in [6.07, 6.45) is 4.94. The van der Waals surface area contributed by atoms with Crippen LogP contribution in [-0.4, -0.2) is 11.5 Å². The number of hydrogen-bond acceptors (Lipinski definition) is 2. The first-order valence-corrected chi connectivity index (χ1v) is 5.37. The Kier molecular flexibility index (Phi) is 4.60. The number of pyridine rings is 1. The molecule has 1 rings (SSSR count). The summed E-state index contributed by atoms with van der Waals surface area (Å²) in [5.74, 6) is 0.708. The zero-order valence-electron chi connectivity index (χ0n) is 9.33. The fourth-order valence-corrected chi connectivity index (χ4v) is 1.64. The van der Waals surface area contributed by atoms with Crippen LogP contribution in [0.15, 0.2) is 24.5 Å². The van der Waals surface area contributed by atoms with Gasteiger partial charge in [-0.25, -0.2) is 0 Å². The van der Waals surface area contributed by atoms with Crippen LogP contribution in [-0.2, 0) is 0 Å². The number of nitrogens with zero attached hydrogens (tertiary/aromatic N) is 1. The van der Waals surface area contributed by atoms with Gasteiger partial charge in [0.1, 0.15) is 0 Å². The SMILES string of the molecule is CCNC(CC(C)C)c1cccnc1. The Morgan fingerprint density at radius 3 is 2.71 bits per heavy atom. The van der Waals surface area contributed by atoms with Gasteiger partial charge in [0.15, 0.2) is 0 Å². The largest absolute Gasteiger partial charge is 0.310 e. The molecule has 0 saturated carbocycles. The lowest BCUT2D eigenvalue weighted by Gasteiger charge is -2.19. The fraction of sp³-hybridized carbons (Fsp3) is 0.583. The van der Waals surface area contributed by atoms with Gasteiger partial charge in [-0.1, -0.05) is 26.8 Å². The summed E-state index contributed by atoms with van der Waals surface area (Å²) in [6, 6.07) is 4.59. The maximum atomic E-state index is 4.16. The second kappa shape index (κ2) is 5.76. The summed E-state index contributed by atoms with van der Waals surface area (Å²) in [5.41, 5.74) is 1.29. The van der Waals surface area contributed by atoms with Crippen molar-refractivity contribution in [3.8, 4) is 0 Å². The number of hydrogen-bond donors (Lipinski definition) is 1. The van der Waals surface area contributed by atoms with Crippen LogP contribution in [0.25, 0.3) is 0 Å². The van der Waals surface area contributed by atoms with Gasteiger partial charge in [-0.05, 0) is 30.5 Å². The third kappa shape index (κ3) is 3.46. The molecule has 1 N–H and O–H groups in total. The van der Waals surface area contributed by atoms with Crippen LogP contribution in [0.3, 0.4) is 0 Å². The molecule has 1 aromatic heterocycles. The van der Waals surface area contributed by atoms with Crippen LogP contribution >= 0.6 is 0 Å². The van der Waals surface area contributed by atoms with Crippen molar-refractivity contribution in [2.45, 2.75) is 33.2 Å². The van der Waals surface area contributed by atoms with E-state index in [1.54, 1.807) is 0 Å². The third-order valence-electron chi connectivity index (χ3n) is 2.24. The summed E-state index contributed by atoms with van der Waals surface area (Å²) in [7, 11) is 0. The Labute approximate surface area is 86.8 Å². The number of nitrogens with one attached hydrogen (secondary N) is 1. The van der Waals surface area contributed by atoms with Crippen molar-refractivity contribution in [3.63, 3.8) is 0 Å². The lowest BCUT2D eigenvalue weighted by Crippen LogP contribution is -2.22. The Bertz CT molecular complexity index is 244. The van der Waals surface area contributed by atoms with Crippen LogP contribution in [0.1, 0.15) is 38.8 Å². The van der Waals surface area contributed by atoms with Gasteiger partial charge in [0.2, 0.25) is 0 Å². The van der Waals surface area contributed by atoms with E-state index in [0.29, 0.717) is 12.0 Å². The highest BCUT2D eigenvalue weighted by Crippen LogP contribution is 2.19. The quantitative estimate of drug-likeness (QED) is 0.776. The Balaban J connectivity index is 2.67. The summed E-state index contributed by atoms with van der Waals surface area (Å²) in [5, 5.41) is 3.49. The first kappa shape index (κ1) is 11.2. The second-order valence-electron chi connectivity index (χ2n) is 4.03. The lowest BCUT2D eigenvalue weighted by atomic mass is 9.98. The minimum absolute atomic E-state index is 0.452. The van der Waals surface area contributed by atoms with E-state index in [4.69, 9.17) is 0 Å². The van der Waals surface area contributed by atoms with Crippen molar-refractivity contribution < 1.29 is 0 Å². The molecule has 2 nitrogen and oxygen atoms in total. The molecule has 0 aliphatic heterocycles. The van der Waals surface area contributed by atoms with Gasteiger partial charge in [0.25, 0.3) is 0 Å². The molecule has 78 valence electrons. The molecule has 0 fully saturated rings. The van der Waals surface area contributed by atoms with E-state index in [2.05, 4.69) is 37.1 Å². The highest BCUT2D eigenvalue weighted by molar-refractivity contribution is 5.13. The summed E-state index contributed by atoms with van der Waals surface area (Å²) < 4.78 is 0. The topological polar surface area (TPSA) is 24.9 Å². The van der Waals surface area contributed by atoms with Gasteiger partial charge < -0.3 is 5.32 Å². The first-order valence-electron chi connectivity index (χ1n) is 5.37. The molecule has 1 heterocycles. The molecule has 0 aliphatic rings. The fourth-order valence-electron chi connectivity index (χ4n) is 1.64. The van der Waals surface area contributed by atoms with E-state index in [1.807, 2.05) is 18.5 Å². The van der Waals surface area contributed by atoms with E-state index < -0.39 is 0 Å². The van der Waals surface area contributed by atoms with Crippen molar-refractivity contribution in [3.05, 3.63) is 30.1 Å². The molecule has 0 spiro atoms. The van der Waals surface area contributed by atoms with E-state index >= 15 is 0 Å². The molecule has 0 aromatic carbocycles. The second-order valence-corrected chi connectivity index (χ2v) is 4.03. The van der Waals surface area contributed by atoms with Gasteiger partial charge in [0.05, 0.1) is 0 Å². The highest BCUT2D eigenvalue weighted by atomic mass is 14.9. The zero-order valence-corrected chi connectivity index (χ0v) is 9.33. The maximum Gasteiger partial charge on any atom is 0.0337 e. The average Bonchev–Trinajstić information content (AvgIpc) is 2.18. The predicted octanol–water partition coefficient (Wildman–Crippen LogP) is 2.78. The molecule has 14 heavy (non-hydrogen) atoms.